The van der Waals surface area contributed by atoms with E-state index in [1.807, 2.05) is 30.5 Å². The van der Waals surface area contributed by atoms with Gasteiger partial charge in [-0.1, -0.05) is 6.07 Å². The lowest BCUT2D eigenvalue weighted by molar-refractivity contribution is 0.122. The van der Waals surface area contributed by atoms with Gasteiger partial charge in [0.05, 0.1) is 25.1 Å². The topological polar surface area (TPSA) is 62.3 Å². The van der Waals surface area contributed by atoms with E-state index < -0.39 is 0 Å². The molecule has 0 spiro atoms. The molecule has 23 heavy (non-hydrogen) atoms. The van der Waals surface area contributed by atoms with Gasteiger partial charge in [-0.05, 0) is 36.0 Å². The minimum absolute atomic E-state index is 0.565. The number of aromatic nitrogens is 2. The van der Waals surface area contributed by atoms with Crippen LogP contribution in [0.4, 0.5) is 11.5 Å². The van der Waals surface area contributed by atoms with Gasteiger partial charge >= 0.3 is 0 Å². The fourth-order valence-corrected chi connectivity index (χ4v) is 2.49. The molecule has 0 bridgehead atoms. The van der Waals surface area contributed by atoms with Gasteiger partial charge < -0.3 is 20.3 Å². The van der Waals surface area contributed by atoms with Crippen molar-refractivity contribution >= 4 is 28.8 Å². The number of anilines is 2. The highest BCUT2D eigenvalue weighted by Crippen LogP contribution is 2.15. The third kappa shape index (κ3) is 4.61. The highest BCUT2D eigenvalue weighted by molar-refractivity contribution is 7.80. The summed E-state index contributed by atoms with van der Waals surface area (Å²) >= 11 is 5.30. The second kappa shape index (κ2) is 7.85. The van der Waals surface area contributed by atoms with Gasteiger partial charge in [0.2, 0.25) is 0 Å². The third-order valence-corrected chi connectivity index (χ3v) is 3.76. The number of thiocarbonyl (C=S) groups is 1. The molecule has 0 aromatic carbocycles. The highest BCUT2D eigenvalue weighted by Gasteiger charge is 2.11. The van der Waals surface area contributed by atoms with Crippen LogP contribution in [0.25, 0.3) is 0 Å². The molecule has 2 aromatic rings. The Morgan fingerprint density at radius 3 is 2.78 bits per heavy atom. The zero-order valence-corrected chi connectivity index (χ0v) is 13.6. The molecule has 0 amide bonds. The highest BCUT2D eigenvalue weighted by atomic mass is 32.1. The Morgan fingerprint density at radius 1 is 1.22 bits per heavy atom. The van der Waals surface area contributed by atoms with E-state index in [2.05, 4.69) is 25.5 Å². The van der Waals surface area contributed by atoms with Crippen LogP contribution in [0, 0.1) is 0 Å². The van der Waals surface area contributed by atoms with Crippen molar-refractivity contribution < 1.29 is 4.74 Å². The molecular formula is C16H19N5OS. The lowest BCUT2D eigenvalue weighted by atomic mass is 10.3. The van der Waals surface area contributed by atoms with Crippen LogP contribution in [0.1, 0.15) is 5.56 Å². The van der Waals surface area contributed by atoms with Crippen molar-refractivity contribution in [2.45, 2.75) is 6.54 Å². The number of hydrogen-bond acceptors (Lipinski definition) is 5. The molecule has 2 aromatic heterocycles. The van der Waals surface area contributed by atoms with Gasteiger partial charge in [0.1, 0.15) is 5.82 Å². The second-order valence-corrected chi connectivity index (χ2v) is 5.58. The summed E-state index contributed by atoms with van der Waals surface area (Å²) in [5, 5.41) is 6.85. The summed E-state index contributed by atoms with van der Waals surface area (Å²) in [6, 6.07) is 7.89. The quantitative estimate of drug-likeness (QED) is 0.829. The standard InChI is InChI=1S/C16H19N5OS/c23-16(19-11-13-2-1-5-17-10-13)20-14-3-4-15(18-12-14)21-6-8-22-9-7-21/h1-5,10,12H,6-9,11H2,(H2,19,20,23). The van der Waals surface area contributed by atoms with Gasteiger partial charge in [0.15, 0.2) is 5.11 Å². The predicted octanol–water partition coefficient (Wildman–Crippen LogP) is 1.80. The van der Waals surface area contributed by atoms with Crippen molar-refractivity contribution in [2.75, 3.05) is 36.5 Å². The van der Waals surface area contributed by atoms with E-state index in [0.717, 1.165) is 43.4 Å². The first kappa shape index (κ1) is 15.6. The zero-order valence-electron chi connectivity index (χ0n) is 12.7. The molecule has 0 aliphatic carbocycles. The average Bonchev–Trinajstić information content (AvgIpc) is 2.62. The van der Waals surface area contributed by atoms with Crippen molar-refractivity contribution in [3.05, 3.63) is 48.4 Å². The Balaban J connectivity index is 1.50. The van der Waals surface area contributed by atoms with Crippen LogP contribution in [0.3, 0.4) is 0 Å². The van der Waals surface area contributed by atoms with Crippen LogP contribution in [0.2, 0.25) is 0 Å². The minimum Gasteiger partial charge on any atom is -0.378 e. The van der Waals surface area contributed by atoms with Crippen LogP contribution in [0.5, 0.6) is 0 Å². The van der Waals surface area contributed by atoms with Crippen molar-refractivity contribution in [2.24, 2.45) is 0 Å². The summed E-state index contributed by atoms with van der Waals surface area (Å²) in [6.45, 7) is 3.91. The van der Waals surface area contributed by atoms with Gasteiger partial charge in [-0.2, -0.15) is 0 Å². The Labute approximate surface area is 140 Å². The summed E-state index contributed by atoms with van der Waals surface area (Å²) in [7, 11) is 0. The normalized spacial score (nSPS) is 14.3. The van der Waals surface area contributed by atoms with Crippen molar-refractivity contribution in [3.8, 4) is 0 Å². The first-order chi connectivity index (χ1) is 11.3. The molecule has 1 saturated heterocycles. The lowest BCUT2D eigenvalue weighted by Gasteiger charge is -2.27. The maximum Gasteiger partial charge on any atom is 0.171 e. The molecule has 0 saturated carbocycles. The van der Waals surface area contributed by atoms with E-state index in [1.54, 1.807) is 12.4 Å². The Morgan fingerprint density at radius 2 is 2.09 bits per heavy atom. The summed E-state index contributed by atoms with van der Waals surface area (Å²) in [5.41, 5.74) is 1.95. The van der Waals surface area contributed by atoms with Gasteiger partial charge in [-0.15, -0.1) is 0 Å². The molecule has 2 N–H and O–H groups in total. The predicted molar refractivity (Wildman–Crippen MR) is 94.6 cm³/mol. The van der Waals surface area contributed by atoms with E-state index in [-0.39, 0.29) is 0 Å². The van der Waals surface area contributed by atoms with Crippen LogP contribution < -0.4 is 15.5 Å². The van der Waals surface area contributed by atoms with E-state index in [0.29, 0.717) is 11.7 Å². The minimum atomic E-state index is 0.565. The monoisotopic (exact) mass is 329 g/mol. The van der Waals surface area contributed by atoms with Crippen molar-refractivity contribution in [1.82, 2.24) is 15.3 Å². The van der Waals surface area contributed by atoms with Gasteiger partial charge in [-0.3, -0.25) is 4.98 Å². The summed E-state index contributed by atoms with van der Waals surface area (Å²) < 4.78 is 5.35. The van der Waals surface area contributed by atoms with Crippen molar-refractivity contribution in [3.63, 3.8) is 0 Å². The molecule has 1 fully saturated rings. The fourth-order valence-electron chi connectivity index (χ4n) is 2.30. The van der Waals surface area contributed by atoms with Crippen LogP contribution >= 0.6 is 12.2 Å². The first-order valence-corrected chi connectivity index (χ1v) is 7.94. The molecule has 1 aliphatic rings. The van der Waals surface area contributed by atoms with Crippen LogP contribution in [-0.2, 0) is 11.3 Å². The Kier molecular flexibility index (Phi) is 5.33. The molecule has 0 unspecified atom stereocenters. The second-order valence-electron chi connectivity index (χ2n) is 5.17. The number of pyridine rings is 2. The first-order valence-electron chi connectivity index (χ1n) is 7.54. The number of ether oxygens (including phenoxy) is 1. The summed E-state index contributed by atoms with van der Waals surface area (Å²) in [6.07, 6.45) is 5.36. The average molecular weight is 329 g/mol. The molecule has 120 valence electrons. The zero-order chi connectivity index (χ0) is 15.9. The van der Waals surface area contributed by atoms with Gasteiger partial charge in [0, 0.05) is 32.0 Å². The summed E-state index contributed by atoms with van der Waals surface area (Å²) in [5.74, 6) is 0.966. The Hall–Kier alpha value is -2.25. The molecule has 1 aliphatic heterocycles. The number of morpholine rings is 1. The molecule has 7 heteroatoms. The largest absolute Gasteiger partial charge is 0.378 e. The van der Waals surface area contributed by atoms with E-state index in [9.17, 15) is 0 Å². The molecule has 0 radical (unpaired) electrons. The van der Waals surface area contributed by atoms with Gasteiger partial charge in [-0.25, -0.2) is 4.98 Å². The Bertz CT molecular complexity index is 629. The fraction of sp³-hybridized carbons (Fsp3) is 0.312. The third-order valence-electron chi connectivity index (χ3n) is 3.52. The number of nitrogens with one attached hydrogen (secondary N) is 2. The molecular weight excluding hydrogens is 310 g/mol. The summed E-state index contributed by atoms with van der Waals surface area (Å²) in [4.78, 5) is 10.8. The SMILES string of the molecule is S=C(NCc1cccnc1)Nc1ccc(N2CCOCC2)nc1. The van der Waals surface area contributed by atoms with E-state index in [1.165, 1.54) is 0 Å². The molecule has 3 rings (SSSR count). The van der Waals surface area contributed by atoms with Gasteiger partial charge in [0.25, 0.3) is 0 Å². The smallest absolute Gasteiger partial charge is 0.171 e. The van der Waals surface area contributed by atoms with Crippen LogP contribution in [0.15, 0.2) is 42.9 Å². The molecule has 6 nitrogen and oxygen atoms in total. The maximum absolute atomic E-state index is 5.35. The maximum atomic E-state index is 5.35. The molecule has 3 heterocycles. The number of hydrogen-bond donors (Lipinski definition) is 2. The van der Waals surface area contributed by atoms with E-state index >= 15 is 0 Å². The van der Waals surface area contributed by atoms with Crippen LogP contribution in [-0.4, -0.2) is 41.4 Å². The van der Waals surface area contributed by atoms with Crippen molar-refractivity contribution in [1.29, 1.82) is 0 Å². The number of nitrogens with zero attached hydrogens (tertiary/aromatic N) is 3. The number of rotatable bonds is 4. The molecule has 0 atom stereocenters. The van der Waals surface area contributed by atoms with E-state index in [4.69, 9.17) is 17.0 Å². The lowest BCUT2D eigenvalue weighted by Crippen LogP contribution is -2.36.